The summed E-state index contributed by atoms with van der Waals surface area (Å²) >= 11 is 0. The van der Waals surface area contributed by atoms with Crippen LogP contribution in [0.4, 0.5) is 3.89 Å². The molecular formula is C32H29FN2O5S. The molecule has 0 unspecified atom stereocenters. The highest BCUT2D eigenvalue weighted by Gasteiger charge is 2.25. The Hall–Kier alpha value is -4.29. The molecular weight excluding hydrogens is 543 g/mol. The number of ether oxygens (including phenoxy) is 1. The Morgan fingerprint density at radius 3 is 2.54 bits per heavy atom. The molecule has 0 radical (unpaired) electrons. The van der Waals surface area contributed by atoms with Gasteiger partial charge in [0.15, 0.2) is 5.43 Å². The topological polar surface area (TPSA) is 90.4 Å². The van der Waals surface area contributed by atoms with Crippen molar-refractivity contribution in [2.24, 2.45) is 0 Å². The van der Waals surface area contributed by atoms with E-state index in [0.29, 0.717) is 27.6 Å². The van der Waals surface area contributed by atoms with Gasteiger partial charge in [-0.3, -0.25) is 4.79 Å². The zero-order valence-electron chi connectivity index (χ0n) is 22.7. The van der Waals surface area contributed by atoms with Gasteiger partial charge in [-0.25, -0.2) is 0 Å². The summed E-state index contributed by atoms with van der Waals surface area (Å²) in [6.45, 7) is 3.77. The molecule has 41 heavy (non-hydrogen) atoms. The van der Waals surface area contributed by atoms with E-state index in [1.807, 2.05) is 38.1 Å². The van der Waals surface area contributed by atoms with Crippen LogP contribution in [-0.4, -0.2) is 24.1 Å². The van der Waals surface area contributed by atoms with E-state index in [1.54, 1.807) is 18.2 Å². The Kier molecular flexibility index (Phi) is 6.74. The summed E-state index contributed by atoms with van der Waals surface area (Å²) in [6, 6.07) is 15.6. The van der Waals surface area contributed by atoms with Gasteiger partial charge in [-0.15, -0.1) is 6.42 Å². The molecule has 9 heteroatoms. The average Bonchev–Trinajstić information content (AvgIpc) is 3.31. The maximum absolute atomic E-state index is 14.2. The summed E-state index contributed by atoms with van der Waals surface area (Å²) in [4.78, 5) is 17.7. The molecule has 1 fully saturated rings. The number of fused-ring (bicyclic) bond motifs is 4. The number of H-pyrrole nitrogens is 1. The van der Waals surface area contributed by atoms with Crippen LogP contribution in [0.25, 0.3) is 44.0 Å². The number of aromatic amines is 1. The molecule has 0 aliphatic heterocycles. The van der Waals surface area contributed by atoms with E-state index in [-0.39, 0.29) is 23.3 Å². The average molecular weight is 573 g/mol. The fourth-order valence-electron chi connectivity index (χ4n) is 6.01. The Bertz CT molecular complexity index is 2030. The molecule has 6 rings (SSSR count). The quantitative estimate of drug-likeness (QED) is 0.172. The Morgan fingerprint density at radius 1 is 1.05 bits per heavy atom. The number of terminal acetylenes is 1. The normalized spacial score (nSPS) is 14.6. The van der Waals surface area contributed by atoms with Gasteiger partial charge in [-0.05, 0) is 68.7 Å². The van der Waals surface area contributed by atoms with Crippen molar-refractivity contribution in [1.82, 2.24) is 9.55 Å². The standard InChI is InChI=1S/C32H29FN2O5S/c1-4-20-13-14-24-27(15-20)34-32-30(24)31(36)26-18-29(39-19(2)3)25(17-28(26)35(32)22-10-6-5-7-11-22)21-9-8-12-23(16-21)40-41(33,37)38/h1,8-9,12-19,22,34H,5-7,10-11H2,2-3H3. The molecule has 3 aromatic carbocycles. The number of benzene rings is 3. The third-order valence-electron chi connectivity index (χ3n) is 7.66. The van der Waals surface area contributed by atoms with Crippen molar-refractivity contribution in [2.75, 3.05) is 0 Å². The van der Waals surface area contributed by atoms with Crippen molar-refractivity contribution >= 4 is 43.3 Å². The highest BCUT2D eigenvalue weighted by molar-refractivity contribution is 7.81. The SMILES string of the molecule is C#Cc1ccc2c(c1)[nH]c1c2c(=O)c2cc(OC(C)C)c(-c3cccc(OS(=O)(=O)F)c3)cc2n1C1CCCCC1. The number of pyridine rings is 1. The molecule has 0 spiro atoms. The predicted molar refractivity (Wildman–Crippen MR) is 159 cm³/mol. The van der Waals surface area contributed by atoms with Crippen LogP contribution in [0.3, 0.4) is 0 Å². The molecule has 0 amide bonds. The van der Waals surface area contributed by atoms with Gasteiger partial charge in [0, 0.05) is 28.1 Å². The van der Waals surface area contributed by atoms with E-state index < -0.39 is 10.5 Å². The second-order valence-electron chi connectivity index (χ2n) is 10.8. The first-order chi connectivity index (χ1) is 19.6. The molecule has 1 aliphatic carbocycles. The van der Waals surface area contributed by atoms with E-state index in [0.717, 1.165) is 59.7 Å². The zero-order chi connectivity index (χ0) is 28.9. The third-order valence-corrected chi connectivity index (χ3v) is 8.05. The molecule has 1 N–H and O–H groups in total. The fraction of sp³-hybridized carbons (Fsp3) is 0.281. The first-order valence-corrected chi connectivity index (χ1v) is 15.0. The van der Waals surface area contributed by atoms with Crippen LogP contribution < -0.4 is 14.3 Å². The highest BCUT2D eigenvalue weighted by atomic mass is 32.3. The van der Waals surface area contributed by atoms with Crippen LogP contribution in [0.5, 0.6) is 11.5 Å². The molecule has 1 aliphatic rings. The lowest BCUT2D eigenvalue weighted by Gasteiger charge is -2.28. The van der Waals surface area contributed by atoms with Gasteiger partial charge in [-0.1, -0.05) is 47.3 Å². The number of halogens is 1. The van der Waals surface area contributed by atoms with Gasteiger partial charge >= 0.3 is 10.5 Å². The fourth-order valence-corrected chi connectivity index (χ4v) is 6.35. The minimum atomic E-state index is -5.20. The number of nitrogens with one attached hydrogen (secondary N) is 1. The molecule has 0 bridgehead atoms. The first-order valence-electron chi connectivity index (χ1n) is 13.7. The van der Waals surface area contributed by atoms with Crippen molar-refractivity contribution < 1.29 is 21.2 Å². The summed E-state index contributed by atoms with van der Waals surface area (Å²) < 4.78 is 48.6. The van der Waals surface area contributed by atoms with Crippen LogP contribution in [0.15, 0.2) is 59.4 Å². The lowest BCUT2D eigenvalue weighted by Crippen LogP contribution is -2.19. The van der Waals surface area contributed by atoms with E-state index >= 15 is 0 Å². The Balaban J connectivity index is 1.70. The predicted octanol–water partition coefficient (Wildman–Crippen LogP) is 7.17. The smallest absolute Gasteiger partial charge is 0.488 e. The molecule has 210 valence electrons. The van der Waals surface area contributed by atoms with E-state index in [1.165, 1.54) is 12.1 Å². The van der Waals surface area contributed by atoms with E-state index in [2.05, 4.69) is 19.7 Å². The lowest BCUT2D eigenvalue weighted by atomic mass is 9.93. The van der Waals surface area contributed by atoms with Gasteiger partial charge < -0.3 is 18.5 Å². The molecule has 0 atom stereocenters. The number of rotatable bonds is 6. The van der Waals surface area contributed by atoms with Crippen molar-refractivity contribution in [2.45, 2.75) is 58.1 Å². The molecule has 7 nitrogen and oxygen atoms in total. The minimum absolute atomic E-state index is 0.123. The lowest BCUT2D eigenvalue weighted by molar-refractivity contribution is 0.244. The molecule has 2 aromatic heterocycles. The van der Waals surface area contributed by atoms with Crippen LogP contribution in [0.1, 0.15) is 57.6 Å². The third kappa shape index (κ3) is 5.04. The van der Waals surface area contributed by atoms with Gasteiger partial charge in [0.1, 0.15) is 17.1 Å². The molecule has 1 saturated carbocycles. The zero-order valence-corrected chi connectivity index (χ0v) is 23.6. The second kappa shape index (κ2) is 10.3. The summed E-state index contributed by atoms with van der Waals surface area (Å²) in [5, 5.41) is 1.93. The summed E-state index contributed by atoms with van der Waals surface area (Å²) in [5.41, 5.74) is 4.05. The largest absolute Gasteiger partial charge is 0.490 e. The first kappa shape index (κ1) is 26.9. The van der Waals surface area contributed by atoms with E-state index in [9.17, 15) is 17.1 Å². The Labute approximate surface area is 237 Å². The number of nitrogens with zero attached hydrogens (tertiary/aromatic N) is 1. The van der Waals surface area contributed by atoms with Crippen molar-refractivity contribution in [3.05, 3.63) is 70.4 Å². The Morgan fingerprint density at radius 2 is 1.83 bits per heavy atom. The number of hydrogen-bond donors (Lipinski definition) is 1. The molecule has 5 aromatic rings. The number of hydrogen-bond acceptors (Lipinski definition) is 5. The van der Waals surface area contributed by atoms with Crippen LogP contribution in [0.2, 0.25) is 0 Å². The van der Waals surface area contributed by atoms with Gasteiger partial charge in [0.2, 0.25) is 0 Å². The maximum atomic E-state index is 14.2. The van der Waals surface area contributed by atoms with E-state index in [4.69, 9.17) is 11.2 Å². The second-order valence-corrected chi connectivity index (χ2v) is 11.7. The van der Waals surface area contributed by atoms with Crippen LogP contribution in [0, 0.1) is 12.3 Å². The summed E-state index contributed by atoms with van der Waals surface area (Å²) in [5.74, 6) is 2.95. The van der Waals surface area contributed by atoms with Crippen LogP contribution in [-0.2, 0) is 10.5 Å². The summed E-state index contributed by atoms with van der Waals surface area (Å²) in [6.07, 6.45) is 10.7. The maximum Gasteiger partial charge on any atom is 0.488 e. The van der Waals surface area contributed by atoms with Gasteiger partial charge in [0.25, 0.3) is 0 Å². The monoisotopic (exact) mass is 572 g/mol. The van der Waals surface area contributed by atoms with Gasteiger partial charge in [0.05, 0.1) is 22.4 Å². The van der Waals surface area contributed by atoms with Crippen molar-refractivity contribution in [3.8, 4) is 35.0 Å². The molecule has 0 saturated heterocycles. The minimum Gasteiger partial charge on any atom is -0.490 e. The van der Waals surface area contributed by atoms with Crippen LogP contribution >= 0.6 is 0 Å². The molecule has 2 heterocycles. The summed E-state index contributed by atoms with van der Waals surface area (Å²) in [7, 11) is -5.20. The number of aromatic nitrogens is 2. The van der Waals surface area contributed by atoms with Crippen molar-refractivity contribution in [1.29, 1.82) is 0 Å². The van der Waals surface area contributed by atoms with Crippen molar-refractivity contribution in [3.63, 3.8) is 0 Å². The van der Waals surface area contributed by atoms with Gasteiger partial charge in [-0.2, -0.15) is 8.42 Å². The highest BCUT2D eigenvalue weighted by Crippen LogP contribution is 2.40.